The molecule has 0 spiro atoms. The first kappa shape index (κ1) is 13.1. The van der Waals surface area contributed by atoms with Crippen LogP contribution in [0.1, 0.15) is 12.8 Å². The molecule has 0 radical (unpaired) electrons. The summed E-state index contributed by atoms with van der Waals surface area (Å²) in [7, 11) is -1.50. The number of anilines is 1. The summed E-state index contributed by atoms with van der Waals surface area (Å²) in [6.45, 7) is 2.01. The van der Waals surface area contributed by atoms with Gasteiger partial charge in [-0.1, -0.05) is 24.3 Å². The summed E-state index contributed by atoms with van der Waals surface area (Å²) in [5.41, 5.74) is 2.00. The van der Waals surface area contributed by atoms with Gasteiger partial charge in [0.1, 0.15) is 0 Å². The van der Waals surface area contributed by atoms with Gasteiger partial charge in [0.15, 0.2) is 0 Å². The third-order valence-electron chi connectivity index (χ3n) is 3.58. The maximum absolute atomic E-state index is 9.40. The third-order valence-corrected chi connectivity index (χ3v) is 3.58. The van der Waals surface area contributed by atoms with Crippen molar-refractivity contribution in [2.75, 3.05) is 18.0 Å². The van der Waals surface area contributed by atoms with Crippen LogP contribution in [0.3, 0.4) is 0 Å². The Morgan fingerprint density at radius 2 is 1.65 bits per heavy atom. The lowest BCUT2D eigenvalue weighted by atomic mass is 9.76. The average Bonchev–Trinajstić information content (AvgIpc) is 3.02. The molecule has 0 saturated carbocycles. The van der Waals surface area contributed by atoms with Crippen molar-refractivity contribution in [2.24, 2.45) is 0 Å². The normalized spacial score (nSPS) is 14.6. The maximum Gasteiger partial charge on any atom is 0.489 e. The van der Waals surface area contributed by atoms with Crippen molar-refractivity contribution in [1.29, 1.82) is 0 Å². The second-order valence-corrected chi connectivity index (χ2v) is 4.93. The van der Waals surface area contributed by atoms with E-state index in [4.69, 9.17) is 0 Å². The summed E-state index contributed by atoms with van der Waals surface area (Å²) in [6.07, 6.45) is 5.85. The van der Waals surface area contributed by atoms with Crippen molar-refractivity contribution in [1.82, 2.24) is 9.97 Å². The van der Waals surface area contributed by atoms with Gasteiger partial charge < -0.3 is 14.9 Å². The predicted molar refractivity (Wildman–Crippen MR) is 78.7 cm³/mol. The molecule has 0 amide bonds. The van der Waals surface area contributed by atoms with E-state index in [9.17, 15) is 10.0 Å². The highest BCUT2D eigenvalue weighted by Gasteiger charge is 2.18. The van der Waals surface area contributed by atoms with Crippen LogP contribution in [-0.2, 0) is 0 Å². The van der Waals surface area contributed by atoms with E-state index in [0.717, 1.165) is 30.2 Å². The molecule has 1 aliphatic rings. The molecule has 1 aliphatic heterocycles. The zero-order valence-corrected chi connectivity index (χ0v) is 11.1. The van der Waals surface area contributed by atoms with E-state index in [1.165, 1.54) is 12.8 Å². The minimum Gasteiger partial charge on any atom is -0.423 e. The number of rotatable bonds is 3. The Hall–Kier alpha value is -1.92. The van der Waals surface area contributed by atoms with E-state index in [0.29, 0.717) is 5.46 Å². The van der Waals surface area contributed by atoms with Crippen molar-refractivity contribution < 1.29 is 10.0 Å². The molecule has 2 N–H and O–H groups in total. The minimum atomic E-state index is -1.50. The lowest BCUT2D eigenvalue weighted by molar-refractivity contribution is 0.426. The van der Waals surface area contributed by atoms with Gasteiger partial charge >= 0.3 is 7.12 Å². The monoisotopic (exact) mass is 269 g/mol. The molecule has 0 atom stereocenters. The average molecular weight is 269 g/mol. The molecular formula is C14H16BN3O2. The Morgan fingerprint density at radius 3 is 2.30 bits per heavy atom. The van der Waals surface area contributed by atoms with Gasteiger partial charge in [-0.15, -0.1) is 0 Å². The summed E-state index contributed by atoms with van der Waals surface area (Å²) in [6, 6.07) is 7.16. The molecule has 2 aromatic rings. The van der Waals surface area contributed by atoms with Crippen molar-refractivity contribution in [3.63, 3.8) is 0 Å². The molecule has 1 saturated heterocycles. The highest BCUT2D eigenvalue weighted by Crippen LogP contribution is 2.19. The number of aromatic nitrogens is 2. The molecule has 1 fully saturated rings. The van der Waals surface area contributed by atoms with Gasteiger partial charge in [-0.2, -0.15) is 0 Å². The Bertz CT molecular complexity index is 583. The van der Waals surface area contributed by atoms with Crippen molar-refractivity contribution >= 4 is 18.5 Å². The molecule has 1 aromatic carbocycles. The lowest BCUT2D eigenvalue weighted by Crippen LogP contribution is -2.31. The number of hydrogen-bond acceptors (Lipinski definition) is 5. The van der Waals surface area contributed by atoms with Crippen LogP contribution in [0.5, 0.6) is 0 Å². The highest BCUT2D eigenvalue weighted by atomic mass is 16.4. The van der Waals surface area contributed by atoms with Gasteiger partial charge in [-0.3, -0.25) is 0 Å². The fraction of sp³-hybridized carbons (Fsp3) is 0.286. The Labute approximate surface area is 118 Å². The van der Waals surface area contributed by atoms with Crippen LogP contribution in [0.25, 0.3) is 11.1 Å². The van der Waals surface area contributed by atoms with Crippen molar-refractivity contribution in [2.45, 2.75) is 12.8 Å². The summed E-state index contributed by atoms with van der Waals surface area (Å²) in [5.74, 6) is 0.744. The van der Waals surface area contributed by atoms with Gasteiger partial charge in [-0.25, -0.2) is 9.97 Å². The molecule has 1 aromatic heterocycles. The summed E-state index contributed by atoms with van der Waals surface area (Å²) in [5, 5.41) is 18.8. The molecule has 102 valence electrons. The predicted octanol–water partition coefficient (Wildman–Crippen LogP) is 0.424. The molecule has 3 rings (SSSR count). The Kier molecular flexibility index (Phi) is 3.67. The molecule has 0 unspecified atom stereocenters. The fourth-order valence-corrected chi connectivity index (χ4v) is 2.53. The molecule has 20 heavy (non-hydrogen) atoms. The minimum absolute atomic E-state index is 0.463. The van der Waals surface area contributed by atoms with Crippen LogP contribution in [0.2, 0.25) is 0 Å². The van der Waals surface area contributed by atoms with Gasteiger partial charge in [0, 0.05) is 31.0 Å². The summed E-state index contributed by atoms with van der Waals surface area (Å²) in [4.78, 5) is 10.9. The molecule has 0 bridgehead atoms. The Balaban J connectivity index is 1.91. The first-order valence-electron chi connectivity index (χ1n) is 6.78. The van der Waals surface area contributed by atoms with Crippen molar-refractivity contribution in [3.05, 3.63) is 36.7 Å². The smallest absolute Gasteiger partial charge is 0.423 e. The van der Waals surface area contributed by atoms with Crippen LogP contribution in [0, 0.1) is 0 Å². The van der Waals surface area contributed by atoms with Crippen LogP contribution < -0.4 is 10.4 Å². The van der Waals surface area contributed by atoms with Crippen LogP contribution in [-0.4, -0.2) is 40.2 Å². The van der Waals surface area contributed by atoms with E-state index < -0.39 is 7.12 Å². The number of nitrogens with zero attached hydrogens (tertiary/aromatic N) is 3. The molecule has 0 aliphatic carbocycles. The van der Waals surface area contributed by atoms with Crippen molar-refractivity contribution in [3.8, 4) is 11.1 Å². The highest BCUT2D eigenvalue weighted by molar-refractivity contribution is 6.60. The molecular weight excluding hydrogens is 253 g/mol. The van der Waals surface area contributed by atoms with Crippen LogP contribution in [0.4, 0.5) is 5.95 Å². The van der Waals surface area contributed by atoms with E-state index in [2.05, 4.69) is 14.9 Å². The van der Waals surface area contributed by atoms with Gasteiger partial charge in [0.2, 0.25) is 5.95 Å². The van der Waals surface area contributed by atoms with Crippen LogP contribution >= 0.6 is 0 Å². The Morgan fingerprint density at radius 1 is 1.00 bits per heavy atom. The standard InChI is InChI=1S/C14H16BN3O2/c19-15(20)13-6-2-1-5-12(13)11-9-16-14(17-10-11)18-7-3-4-8-18/h1-2,5-6,9-10,19-20H,3-4,7-8H2. The number of benzene rings is 1. The van der Waals surface area contributed by atoms with Gasteiger partial charge in [0.05, 0.1) is 0 Å². The van der Waals surface area contributed by atoms with Gasteiger partial charge in [-0.05, 0) is 23.9 Å². The largest absolute Gasteiger partial charge is 0.489 e. The first-order valence-corrected chi connectivity index (χ1v) is 6.78. The summed E-state index contributed by atoms with van der Waals surface area (Å²) >= 11 is 0. The molecule has 5 nitrogen and oxygen atoms in total. The maximum atomic E-state index is 9.40. The number of hydrogen-bond donors (Lipinski definition) is 2. The molecule has 2 heterocycles. The topological polar surface area (TPSA) is 69.5 Å². The van der Waals surface area contributed by atoms with E-state index in [-0.39, 0.29) is 0 Å². The SMILES string of the molecule is OB(O)c1ccccc1-c1cnc(N2CCCC2)nc1. The lowest BCUT2D eigenvalue weighted by Gasteiger charge is -2.15. The van der Waals surface area contributed by atoms with E-state index in [1.54, 1.807) is 24.5 Å². The zero-order valence-electron chi connectivity index (χ0n) is 11.1. The summed E-state index contributed by atoms with van der Waals surface area (Å²) < 4.78 is 0. The van der Waals surface area contributed by atoms with Crippen LogP contribution in [0.15, 0.2) is 36.7 Å². The fourth-order valence-electron chi connectivity index (χ4n) is 2.53. The second-order valence-electron chi connectivity index (χ2n) is 4.93. The van der Waals surface area contributed by atoms with E-state index in [1.807, 2.05) is 12.1 Å². The van der Waals surface area contributed by atoms with Gasteiger partial charge in [0.25, 0.3) is 0 Å². The third kappa shape index (κ3) is 2.52. The second kappa shape index (κ2) is 5.60. The quantitative estimate of drug-likeness (QED) is 0.790. The first-order chi connectivity index (χ1) is 9.75. The molecule has 6 heteroatoms. The van der Waals surface area contributed by atoms with E-state index >= 15 is 0 Å². The zero-order chi connectivity index (χ0) is 13.9.